The van der Waals surface area contributed by atoms with E-state index in [-0.39, 0.29) is 17.8 Å². The molecule has 3 atom stereocenters. The van der Waals surface area contributed by atoms with Crippen molar-refractivity contribution in [3.05, 3.63) is 59.7 Å². The van der Waals surface area contributed by atoms with Crippen molar-refractivity contribution in [1.82, 2.24) is 0 Å². The van der Waals surface area contributed by atoms with Gasteiger partial charge in [-0.15, -0.1) is 0 Å². The maximum Gasteiger partial charge on any atom is 0.320 e. The van der Waals surface area contributed by atoms with Gasteiger partial charge in [-0.2, -0.15) is 0 Å². The average molecular weight is 284 g/mol. The molecule has 0 saturated carbocycles. The molecule has 0 N–H and O–H groups in total. The molecule has 0 amide bonds. The lowest BCUT2D eigenvalue weighted by Crippen LogP contribution is -2.40. The summed E-state index contributed by atoms with van der Waals surface area (Å²) in [5.74, 6) is 0.0963. The molecular formula is C18H20O3. The third-order valence-electron chi connectivity index (χ3n) is 4.58. The van der Waals surface area contributed by atoms with Crippen molar-refractivity contribution >= 4 is 5.97 Å². The van der Waals surface area contributed by atoms with Crippen molar-refractivity contribution in [2.75, 3.05) is 20.3 Å². The van der Waals surface area contributed by atoms with Crippen molar-refractivity contribution < 1.29 is 14.3 Å². The van der Waals surface area contributed by atoms with Crippen LogP contribution in [0.5, 0.6) is 0 Å². The standard InChI is InChI=1S/C18H20O3/c1-13-8-9-14-11-21-12-15(14)10-18(13,17(19)20-2)16-6-4-3-5-7-16/h3-10,13-14H,11-12H2,1-2H3/t13-,14-,18-/m1/s1. The highest BCUT2D eigenvalue weighted by atomic mass is 16.5. The van der Waals surface area contributed by atoms with Crippen molar-refractivity contribution in [3.63, 3.8) is 0 Å². The van der Waals surface area contributed by atoms with E-state index >= 15 is 0 Å². The van der Waals surface area contributed by atoms with Gasteiger partial charge in [0.15, 0.2) is 0 Å². The van der Waals surface area contributed by atoms with Crippen LogP contribution in [-0.2, 0) is 19.7 Å². The van der Waals surface area contributed by atoms with E-state index in [4.69, 9.17) is 9.47 Å². The predicted molar refractivity (Wildman–Crippen MR) is 80.8 cm³/mol. The molecular weight excluding hydrogens is 264 g/mol. The van der Waals surface area contributed by atoms with Gasteiger partial charge < -0.3 is 9.47 Å². The number of fused-ring (bicyclic) bond motifs is 1. The monoisotopic (exact) mass is 284 g/mol. The first kappa shape index (κ1) is 14.1. The number of methoxy groups -OCH3 is 1. The van der Waals surface area contributed by atoms with Crippen LogP contribution in [0.4, 0.5) is 0 Å². The van der Waals surface area contributed by atoms with E-state index in [1.165, 1.54) is 12.7 Å². The fourth-order valence-corrected chi connectivity index (χ4v) is 3.31. The molecule has 110 valence electrons. The first-order chi connectivity index (χ1) is 10.2. The Bertz CT molecular complexity index is 588. The molecule has 1 heterocycles. The molecule has 1 aromatic rings. The zero-order valence-electron chi connectivity index (χ0n) is 12.4. The van der Waals surface area contributed by atoms with E-state index in [1.54, 1.807) is 0 Å². The van der Waals surface area contributed by atoms with E-state index in [0.717, 1.165) is 5.56 Å². The maximum atomic E-state index is 12.7. The van der Waals surface area contributed by atoms with Crippen LogP contribution in [0.3, 0.4) is 0 Å². The van der Waals surface area contributed by atoms with Gasteiger partial charge in [-0.25, -0.2) is 0 Å². The van der Waals surface area contributed by atoms with Gasteiger partial charge in [-0.1, -0.05) is 55.5 Å². The van der Waals surface area contributed by atoms with E-state index in [2.05, 4.69) is 25.2 Å². The lowest BCUT2D eigenvalue weighted by molar-refractivity contribution is -0.146. The van der Waals surface area contributed by atoms with E-state index in [9.17, 15) is 4.79 Å². The minimum absolute atomic E-state index is 0.0328. The Morgan fingerprint density at radius 3 is 2.76 bits per heavy atom. The molecule has 3 rings (SSSR count). The molecule has 1 fully saturated rings. The number of carbonyl (C=O) groups excluding carboxylic acids is 1. The van der Waals surface area contributed by atoms with E-state index < -0.39 is 5.41 Å². The fraction of sp³-hybridized carbons (Fsp3) is 0.389. The zero-order valence-corrected chi connectivity index (χ0v) is 12.4. The molecule has 1 saturated heterocycles. The summed E-state index contributed by atoms with van der Waals surface area (Å²) in [6.07, 6.45) is 6.36. The summed E-state index contributed by atoms with van der Waals surface area (Å²) in [5, 5.41) is 0. The van der Waals surface area contributed by atoms with E-state index in [1.807, 2.05) is 30.3 Å². The van der Waals surface area contributed by atoms with Gasteiger partial charge in [0.2, 0.25) is 0 Å². The lowest BCUT2D eigenvalue weighted by Gasteiger charge is -2.33. The Morgan fingerprint density at radius 2 is 2.05 bits per heavy atom. The smallest absolute Gasteiger partial charge is 0.320 e. The summed E-state index contributed by atoms with van der Waals surface area (Å²) >= 11 is 0. The van der Waals surface area contributed by atoms with Crippen LogP contribution < -0.4 is 0 Å². The Hall–Kier alpha value is -1.87. The molecule has 1 aromatic carbocycles. The van der Waals surface area contributed by atoms with Crippen molar-refractivity contribution in [1.29, 1.82) is 0 Å². The van der Waals surface area contributed by atoms with Crippen LogP contribution in [0.25, 0.3) is 0 Å². The first-order valence-corrected chi connectivity index (χ1v) is 7.30. The molecule has 3 heteroatoms. The van der Waals surface area contributed by atoms with Gasteiger partial charge in [0.1, 0.15) is 5.41 Å². The van der Waals surface area contributed by atoms with Gasteiger partial charge in [0.25, 0.3) is 0 Å². The van der Waals surface area contributed by atoms with Crippen LogP contribution in [0.1, 0.15) is 12.5 Å². The van der Waals surface area contributed by atoms with Gasteiger partial charge in [-0.3, -0.25) is 4.79 Å². The third kappa shape index (κ3) is 2.22. The van der Waals surface area contributed by atoms with Gasteiger partial charge >= 0.3 is 5.97 Å². The molecule has 1 aliphatic heterocycles. The summed E-state index contributed by atoms with van der Waals surface area (Å²) in [4.78, 5) is 12.7. The molecule has 0 aromatic heterocycles. The second kappa shape index (κ2) is 5.49. The lowest BCUT2D eigenvalue weighted by atomic mass is 9.70. The number of benzene rings is 1. The highest BCUT2D eigenvalue weighted by Crippen LogP contribution is 2.41. The molecule has 0 radical (unpaired) electrons. The second-order valence-electron chi connectivity index (χ2n) is 5.74. The summed E-state index contributed by atoms with van der Waals surface area (Å²) in [6, 6.07) is 9.87. The Kier molecular flexibility index (Phi) is 3.68. The highest BCUT2D eigenvalue weighted by molar-refractivity contribution is 5.87. The number of hydrogen-bond acceptors (Lipinski definition) is 3. The van der Waals surface area contributed by atoms with Crippen molar-refractivity contribution in [2.45, 2.75) is 12.3 Å². The molecule has 21 heavy (non-hydrogen) atoms. The van der Waals surface area contributed by atoms with E-state index in [0.29, 0.717) is 13.2 Å². The van der Waals surface area contributed by atoms with Gasteiger partial charge in [0, 0.05) is 5.92 Å². The topological polar surface area (TPSA) is 35.5 Å². The minimum atomic E-state index is -0.774. The number of allylic oxidation sites excluding steroid dienone is 1. The number of carbonyl (C=O) groups is 1. The van der Waals surface area contributed by atoms with Crippen LogP contribution in [-0.4, -0.2) is 26.3 Å². The largest absolute Gasteiger partial charge is 0.468 e. The molecule has 0 unspecified atom stereocenters. The van der Waals surface area contributed by atoms with Gasteiger partial charge in [-0.05, 0) is 17.1 Å². The molecule has 0 bridgehead atoms. The summed E-state index contributed by atoms with van der Waals surface area (Å²) in [7, 11) is 1.45. The highest BCUT2D eigenvalue weighted by Gasteiger charge is 2.45. The third-order valence-corrected chi connectivity index (χ3v) is 4.58. The fourth-order valence-electron chi connectivity index (χ4n) is 3.31. The summed E-state index contributed by atoms with van der Waals surface area (Å²) < 4.78 is 10.7. The Balaban J connectivity index is 2.21. The molecule has 0 spiro atoms. The van der Waals surface area contributed by atoms with Crippen LogP contribution in [0, 0.1) is 11.8 Å². The molecule has 3 nitrogen and oxygen atoms in total. The quantitative estimate of drug-likeness (QED) is 0.619. The Morgan fingerprint density at radius 1 is 1.29 bits per heavy atom. The van der Waals surface area contributed by atoms with Crippen molar-refractivity contribution in [2.24, 2.45) is 11.8 Å². The van der Waals surface area contributed by atoms with Crippen molar-refractivity contribution in [3.8, 4) is 0 Å². The summed E-state index contributed by atoms with van der Waals surface area (Å²) in [5.41, 5.74) is 1.36. The maximum absolute atomic E-state index is 12.7. The molecule has 1 aliphatic carbocycles. The van der Waals surface area contributed by atoms with Crippen LogP contribution >= 0.6 is 0 Å². The zero-order chi connectivity index (χ0) is 14.9. The van der Waals surface area contributed by atoms with Crippen LogP contribution in [0.2, 0.25) is 0 Å². The average Bonchev–Trinajstić information content (AvgIpc) is 2.92. The normalized spacial score (nSPS) is 31.2. The van der Waals surface area contributed by atoms with Crippen LogP contribution in [0.15, 0.2) is 54.1 Å². The number of hydrogen-bond donors (Lipinski definition) is 0. The summed E-state index contributed by atoms with van der Waals surface area (Å²) in [6.45, 7) is 3.35. The van der Waals surface area contributed by atoms with Gasteiger partial charge in [0.05, 0.1) is 20.3 Å². The first-order valence-electron chi connectivity index (χ1n) is 7.30. The molecule has 2 aliphatic rings. The number of ether oxygens (including phenoxy) is 2. The minimum Gasteiger partial charge on any atom is -0.468 e. The Labute approximate surface area is 125 Å². The second-order valence-corrected chi connectivity index (χ2v) is 5.74. The predicted octanol–water partition coefficient (Wildman–Crippen LogP) is 2.88. The SMILES string of the molecule is COC(=O)[C@]1(c2ccccc2)C=C2COC[C@H]2C=C[C@H]1C. The number of esters is 1. The number of rotatable bonds is 2.